The molecule has 1 N–H and O–H groups in total. The molecule has 1 aromatic carbocycles. The fourth-order valence-corrected chi connectivity index (χ4v) is 3.71. The quantitative estimate of drug-likeness (QED) is 0.880. The molecule has 0 atom stereocenters. The lowest BCUT2D eigenvalue weighted by Gasteiger charge is -2.30. The third-order valence-electron chi connectivity index (χ3n) is 5.36. The Balaban J connectivity index is 1.70. The van der Waals surface area contributed by atoms with Crippen molar-refractivity contribution in [1.82, 2.24) is 14.5 Å². The van der Waals surface area contributed by atoms with Gasteiger partial charge in [0.25, 0.3) is 0 Å². The molecule has 2 aromatic rings. The van der Waals surface area contributed by atoms with Gasteiger partial charge in [0.05, 0.1) is 6.54 Å². The maximum Gasteiger partial charge on any atom is 0.226 e. The van der Waals surface area contributed by atoms with Crippen molar-refractivity contribution in [3.05, 3.63) is 30.1 Å². The lowest BCUT2D eigenvalue weighted by Crippen LogP contribution is -2.40. The topological polar surface area (TPSA) is 53.4 Å². The number of amides is 1. The van der Waals surface area contributed by atoms with Gasteiger partial charge in [-0.2, -0.15) is 0 Å². The largest absolute Gasteiger partial charge is 0.378 e. The molecule has 0 bridgehead atoms. The number of benzene rings is 1. The lowest BCUT2D eigenvalue weighted by molar-refractivity contribution is -0.134. The van der Waals surface area contributed by atoms with Gasteiger partial charge in [0.1, 0.15) is 17.3 Å². The van der Waals surface area contributed by atoms with E-state index in [-0.39, 0.29) is 11.5 Å². The first-order valence-corrected chi connectivity index (χ1v) is 10.2. The molecule has 6 nitrogen and oxygen atoms in total. The van der Waals surface area contributed by atoms with Gasteiger partial charge in [-0.05, 0) is 45.7 Å². The molecular formula is C22H31N5O. The third kappa shape index (κ3) is 3.73. The highest BCUT2D eigenvalue weighted by Crippen LogP contribution is 2.36. The van der Waals surface area contributed by atoms with E-state index in [0.717, 1.165) is 48.8 Å². The lowest BCUT2D eigenvalue weighted by atomic mass is 10.1. The molecule has 6 heteroatoms. The minimum atomic E-state index is -0.0733. The zero-order valence-corrected chi connectivity index (χ0v) is 17.6. The highest BCUT2D eigenvalue weighted by atomic mass is 16.2. The van der Waals surface area contributed by atoms with E-state index in [0.29, 0.717) is 12.5 Å². The molecule has 0 saturated heterocycles. The maximum absolute atomic E-state index is 12.5. The number of fused-ring (bicyclic) bond motifs is 1. The van der Waals surface area contributed by atoms with E-state index in [9.17, 15) is 4.79 Å². The second-order valence-electron chi connectivity index (χ2n) is 9.23. The number of nitrogens with one attached hydrogen (secondary N) is 1. The molecule has 0 unspecified atom stereocenters. The maximum atomic E-state index is 12.5. The predicted octanol–water partition coefficient (Wildman–Crippen LogP) is 3.58. The van der Waals surface area contributed by atoms with Crippen molar-refractivity contribution in [3.63, 3.8) is 0 Å². The molecule has 1 aromatic heterocycles. The summed E-state index contributed by atoms with van der Waals surface area (Å²) < 4.78 is 2.26. The molecule has 0 radical (unpaired) electrons. The number of carbonyl (C=O) groups excluding carboxylic acids is 1. The number of rotatable bonds is 4. The van der Waals surface area contributed by atoms with E-state index >= 15 is 0 Å². The number of anilines is 2. The van der Waals surface area contributed by atoms with Gasteiger partial charge in [0.2, 0.25) is 5.91 Å². The van der Waals surface area contributed by atoms with Crippen LogP contribution < -0.4 is 10.2 Å². The van der Waals surface area contributed by atoms with Crippen LogP contribution in [0.1, 0.15) is 39.4 Å². The first kappa shape index (κ1) is 18.8. The fourth-order valence-electron chi connectivity index (χ4n) is 3.71. The molecule has 1 amide bonds. The number of nitrogens with zero attached hydrogens (tertiary/aromatic N) is 4. The Bertz CT molecular complexity index is 872. The summed E-state index contributed by atoms with van der Waals surface area (Å²) in [6.45, 7) is 8.64. The van der Waals surface area contributed by atoms with Crippen molar-refractivity contribution in [2.24, 2.45) is 5.92 Å². The van der Waals surface area contributed by atoms with E-state index in [1.807, 2.05) is 19.0 Å². The summed E-state index contributed by atoms with van der Waals surface area (Å²) >= 11 is 0. The second-order valence-corrected chi connectivity index (χ2v) is 9.23. The van der Waals surface area contributed by atoms with Crippen molar-refractivity contribution in [1.29, 1.82) is 0 Å². The minimum absolute atomic E-state index is 0.0733. The van der Waals surface area contributed by atoms with Crippen molar-refractivity contribution in [2.75, 3.05) is 30.9 Å². The van der Waals surface area contributed by atoms with Crippen LogP contribution in [0.3, 0.4) is 0 Å². The fraction of sp³-hybridized carbons (Fsp3) is 0.545. The summed E-state index contributed by atoms with van der Waals surface area (Å²) in [6, 6.07) is 8.50. The summed E-state index contributed by atoms with van der Waals surface area (Å²) in [7, 11) is 4.09. The Morgan fingerprint density at radius 2 is 1.82 bits per heavy atom. The summed E-state index contributed by atoms with van der Waals surface area (Å²) in [4.78, 5) is 21.6. The minimum Gasteiger partial charge on any atom is -0.378 e. The average Bonchev–Trinajstić information content (AvgIpc) is 3.43. The molecular weight excluding hydrogens is 350 g/mol. The van der Waals surface area contributed by atoms with Gasteiger partial charge in [-0.15, -0.1) is 0 Å². The Kier molecular flexibility index (Phi) is 4.60. The Morgan fingerprint density at radius 1 is 1.14 bits per heavy atom. The van der Waals surface area contributed by atoms with Crippen LogP contribution in [0.5, 0.6) is 0 Å². The molecule has 28 heavy (non-hydrogen) atoms. The molecule has 1 fully saturated rings. The Labute approximate surface area is 167 Å². The Hall–Kier alpha value is -2.50. The zero-order valence-electron chi connectivity index (χ0n) is 17.6. The molecule has 1 aliphatic heterocycles. The van der Waals surface area contributed by atoms with E-state index in [1.54, 1.807) is 0 Å². The van der Waals surface area contributed by atoms with Crippen LogP contribution in [-0.4, -0.2) is 46.5 Å². The monoisotopic (exact) mass is 381 g/mol. The molecule has 2 heterocycles. The number of hydrogen-bond acceptors (Lipinski definition) is 4. The first-order chi connectivity index (χ1) is 13.2. The Morgan fingerprint density at radius 3 is 2.39 bits per heavy atom. The summed E-state index contributed by atoms with van der Waals surface area (Å²) in [5, 5.41) is 3.66. The molecule has 1 aliphatic carbocycles. The standard InChI is InChI=1S/C22H31N5O/c1-22(2,3)24-20-19(15-8-10-17(11-9-15)25(4)5)23-18-14-26(12-13-27(18)20)21(28)16-6-7-16/h8-11,16,24H,6-7,12-14H2,1-5H3. The first-order valence-electron chi connectivity index (χ1n) is 10.2. The highest BCUT2D eigenvalue weighted by molar-refractivity contribution is 5.81. The van der Waals surface area contributed by atoms with Crippen LogP contribution >= 0.6 is 0 Å². The zero-order chi connectivity index (χ0) is 20.1. The summed E-state index contributed by atoms with van der Waals surface area (Å²) in [6.07, 6.45) is 2.09. The van der Waals surface area contributed by atoms with Crippen molar-refractivity contribution in [3.8, 4) is 11.3 Å². The summed E-state index contributed by atoms with van der Waals surface area (Å²) in [5.41, 5.74) is 3.16. The van der Waals surface area contributed by atoms with Crippen LogP contribution in [0.2, 0.25) is 0 Å². The number of imidazole rings is 1. The number of hydrogen-bond donors (Lipinski definition) is 1. The number of carbonyl (C=O) groups is 1. The predicted molar refractivity (Wildman–Crippen MR) is 114 cm³/mol. The van der Waals surface area contributed by atoms with Gasteiger partial charge < -0.3 is 19.7 Å². The van der Waals surface area contributed by atoms with Crippen molar-refractivity contribution >= 4 is 17.4 Å². The van der Waals surface area contributed by atoms with Crippen molar-refractivity contribution < 1.29 is 4.79 Å². The van der Waals surface area contributed by atoms with Gasteiger partial charge in [-0.3, -0.25) is 4.79 Å². The highest BCUT2D eigenvalue weighted by Gasteiger charge is 2.36. The molecule has 1 saturated carbocycles. The molecule has 0 spiro atoms. The van der Waals surface area contributed by atoms with Gasteiger partial charge in [0.15, 0.2) is 0 Å². The van der Waals surface area contributed by atoms with Gasteiger partial charge in [-0.25, -0.2) is 4.98 Å². The third-order valence-corrected chi connectivity index (χ3v) is 5.36. The van der Waals surface area contributed by atoms with Crippen LogP contribution in [0, 0.1) is 5.92 Å². The smallest absolute Gasteiger partial charge is 0.226 e. The van der Waals surface area contributed by atoms with Crippen molar-refractivity contribution in [2.45, 2.75) is 52.2 Å². The van der Waals surface area contributed by atoms with E-state index < -0.39 is 0 Å². The van der Waals surface area contributed by atoms with Crippen LogP contribution in [-0.2, 0) is 17.9 Å². The molecule has 4 rings (SSSR count). The van der Waals surface area contributed by atoms with Gasteiger partial charge >= 0.3 is 0 Å². The van der Waals surface area contributed by atoms with E-state index in [4.69, 9.17) is 4.98 Å². The molecule has 2 aliphatic rings. The average molecular weight is 382 g/mol. The summed E-state index contributed by atoms with van der Waals surface area (Å²) in [5.74, 6) is 2.58. The molecule has 150 valence electrons. The van der Waals surface area contributed by atoms with Crippen LogP contribution in [0.25, 0.3) is 11.3 Å². The van der Waals surface area contributed by atoms with Crippen LogP contribution in [0.4, 0.5) is 11.5 Å². The SMILES string of the molecule is CN(C)c1ccc(-c2nc3n(c2NC(C)(C)C)CCN(C(=O)C2CC2)C3)cc1. The van der Waals surface area contributed by atoms with E-state index in [1.165, 1.54) is 5.69 Å². The number of aromatic nitrogens is 2. The van der Waals surface area contributed by atoms with E-state index in [2.05, 4.69) is 59.8 Å². The second kappa shape index (κ2) is 6.83. The van der Waals surface area contributed by atoms with Gasteiger partial charge in [-0.1, -0.05) is 12.1 Å². The van der Waals surface area contributed by atoms with Gasteiger partial charge in [0, 0.05) is 49.9 Å². The van der Waals surface area contributed by atoms with Crippen LogP contribution in [0.15, 0.2) is 24.3 Å². The normalized spacial score (nSPS) is 16.7.